The number of benzene rings is 3. The Morgan fingerprint density at radius 2 is 1.38 bits per heavy atom. The third-order valence-corrected chi connectivity index (χ3v) is 7.40. The fourth-order valence-corrected chi connectivity index (χ4v) is 5.04. The molecule has 196 valence electrons. The lowest BCUT2D eigenvalue weighted by Gasteiger charge is -2.27. The highest BCUT2D eigenvalue weighted by Crippen LogP contribution is 2.28. The van der Waals surface area contributed by atoms with Crippen LogP contribution in [0.25, 0.3) is 0 Å². The van der Waals surface area contributed by atoms with Crippen molar-refractivity contribution in [1.82, 2.24) is 9.79 Å². The number of hydrogen-bond donors (Lipinski definition) is 1. The molecule has 0 atom stereocenters. The van der Waals surface area contributed by atoms with E-state index in [0.29, 0.717) is 16.8 Å². The second kappa shape index (κ2) is 10.9. The van der Waals surface area contributed by atoms with Gasteiger partial charge in [0.2, 0.25) is 10.0 Å². The Bertz CT molecular complexity index is 1300. The van der Waals surface area contributed by atoms with E-state index in [4.69, 9.17) is 4.84 Å². The number of alkyl halides is 3. The van der Waals surface area contributed by atoms with Gasteiger partial charge in [0, 0.05) is 25.2 Å². The first kappa shape index (κ1) is 26.6. The lowest BCUT2D eigenvalue weighted by molar-refractivity contribution is -0.274. The van der Waals surface area contributed by atoms with Crippen LogP contribution in [0.1, 0.15) is 23.7 Å². The molecular formula is C25H21F5N2O4S. The van der Waals surface area contributed by atoms with Crippen LogP contribution in [0.15, 0.2) is 89.5 Å². The highest BCUT2D eigenvalue weighted by molar-refractivity contribution is 7.89. The lowest BCUT2D eigenvalue weighted by atomic mass is 10.0. The third kappa shape index (κ3) is 6.85. The van der Waals surface area contributed by atoms with Gasteiger partial charge < -0.3 is 4.74 Å². The summed E-state index contributed by atoms with van der Waals surface area (Å²) in [6, 6.07) is 15.2. The molecule has 1 aliphatic rings. The third-order valence-electron chi connectivity index (χ3n) is 5.52. The van der Waals surface area contributed by atoms with Crippen LogP contribution in [0.5, 0.6) is 5.75 Å². The van der Waals surface area contributed by atoms with E-state index in [1.165, 1.54) is 28.6 Å². The molecule has 4 rings (SSSR count). The van der Waals surface area contributed by atoms with Crippen LogP contribution in [0, 0.1) is 11.6 Å². The Hall–Kier alpha value is -3.48. The summed E-state index contributed by atoms with van der Waals surface area (Å²) < 4.78 is 94.6. The van der Waals surface area contributed by atoms with Gasteiger partial charge >= 0.3 is 6.36 Å². The van der Waals surface area contributed by atoms with Crippen molar-refractivity contribution < 1.29 is 39.9 Å². The summed E-state index contributed by atoms with van der Waals surface area (Å²) in [6.07, 6.45) is -3.72. The molecular weight excluding hydrogens is 519 g/mol. The van der Waals surface area contributed by atoms with E-state index in [0.717, 1.165) is 24.3 Å². The van der Waals surface area contributed by atoms with Gasteiger partial charge in [-0.2, -0.15) is 4.31 Å². The van der Waals surface area contributed by atoms with Crippen LogP contribution < -0.4 is 10.2 Å². The van der Waals surface area contributed by atoms with Gasteiger partial charge in [-0.1, -0.05) is 24.3 Å². The number of rotatable bonds is 8. The van der Waals surface area contributed by atoms with Crippen molar-refractivity contribution in [3.63, 3.8) is 0 Å². The van der Waals surface area contributed by atoms with Crippen LogP contribution in [0.3, 0.4) is 0 Å². The number of hydrogen-bond acceptors (Lipinski definition) is 5. The molecule has 12 heteroatoms. The van der Waals surface area contributed by atoms with Crippen molar-refractivity contribution in [2.24, 2.45) is 0 Å². The van der Waals surface area contributed by atoms with Crippen molar-refractivity contribution >= 4 is 10.0 Å². The van der Waals surface area contributed by atoms with Crippen molar-refractivity contribution in [2.75, 3.05) is 13.1 Å². The van der Waals surface area contributed by atoms with Gasteiger partial charge in [0.1, 0.15) is 23.5 Å². The molecule has 37 heavy (non-hydrogen) atoms. The quantitative estimate of drug-likeness (QED) is 0.304. The van der Waals surface area contributed by atoms with Crippen LogP contribution in [0.2, 0.25) is 0 Å². The summed E-state index contributed by atoms with van der Waals surface area (Å²) in [5, 5.41) is 0. The van der Waals surface area contributed by atoms with Crippen molar-refractivity contribution in [1.29, 1.82) is 0 Å². The van der Waals surface area contributed by atoms with Crippen molar-refractivity contribution in [3.05, 3.63) is 107 Å². The number of nitrogens with one attached hydrogen (secondary N) is 1. The zero-order chi connectivity index (χ0) is 26.6. The smallest absolute Gasteiger partial charge is 0.406 e. The van der Waals surface area contributed by atoms with Gasteiger partial charge in [0.15, 0.2) is 0 Å². The summed E-state index contributed by atoms with van der Waals surface area (Å²) in [5.74, 6) is -1.37. The first-order chi connectivity index (χ1) is 17.5. The summed E-state index contributed by atoms with van der Waals surface area (Å²) in [5.41, 5.74) is 4.63. The average Bonchev–Trinajstić information content (AvgIpc) is 2.86. The zero-order valence-electron chi connectivity index (χ0n) is 19.1. The molecule has 0 fully saturated rings. The van der Waals surface area contributed by atoms with Gasteiger partial charge in [0.25, 0.3) is 0 Å². The Labute approximate surface area is 209 Å². The zero-order valence-corrected chi connectivity index (χ0v) is 19.9. The Morgan fingerprint density at radius 3 is 1.84 bits per heavy atom. The van der Waals surface area contributed by atoms with Crippen molar-refractivity contribution in [3.8, 4) is 5.75 Å². The van der Waals surface area contributed by atoms with Gasteiger partial charge in [-0.25, -0.2) is 17.2 Å². The molecule has 0 bridgehead atoms. The molecule has 3 aromatic carbocycles. The second-order valence-corrected chi connectivity index (χ2v) is 10.0. The molecule has 0 spiro atoms. The largest absolute Gasteiger partial charge is 0.573 e. The normalized spacial score (nSPS) is 14.9. The van der Waals surface area contributed by atoms with E-state index in [2.05, 4.69) is 10.2 Å². The molecule has 1 heterocycles. The monoisotopic (exact) mass is 540 g/mol. The first-order valence-electron chi connectivity index (χ1n) is 11.0. The van der Waals surface area contributed by atoms with Gasteiger partial charge in [-0.3, -0.25) is 10.3 Å². The van der Waals surface area contributed by atoms with Gasteiger partial charge in [-0.15, -0.1) is 13.2 Å². The molecule has 0 unspecified atom stereocenters. The van der Waals surface area contributed by atoms with Crippen LogP contribution in [-0.4, -0.2) is 32.2 Å². The summed E-state index contributed by atoms with van der Waals surface area (Å²) in [6.45, 7) is 0.0791. The fourth-order valence-electron chi connectivity index (χ4n) is 3.66. The summed E-state index contributed by atoms with van der Waals surface area (Å²) in [4.78, 5) is 5.68. The number of sulfonamides is 1. The molecule has 6 nitrogen and oxygen atoms in total. The van der Waals surface area contributed by atoms with E-state index in [-0.39, 0.29) is 24.4 Å². The molecule has 0 saturated heterocycles. The van der Waals surface area contributed by atoms with E-state index in [9.17, 15) is 30.4 Å². The van der Waals surface area contributed by atoms with E-state index < -0.39 is 39.9 Å². The Balaban J connectivity index is 1.43. The van der Waals surface area contributed by atoms with Crippen molar-refractivity contribution in [2.45, 2.75) is 23.8 Å². The SMILES string of the molecule is O=S(=O)(c1ccc(OC(F)(F)F)cc1)N1CC=C(NOC(c2ccc(F)cc2)c2ccc(F)cc2)CC1. The van der Waals surface area contributed by atoms with E-state index in [1.807, 2.05) is 0 Å². The predicted octanol–water partition coefficient (Wildman–Crippen LogP) is 5.45. The topological polar surface area (TPSA) is 67.9 Å². The van der Waals surface area contributed by atoms with Crippen LogP contribution >= 0.6 is 0 Å². The maximum absolute atomic E-state index is 13.4. The minimum absolute atomic E-state index is 0.00735. The number of hydroxylamine groups is 1. The Kier molecular flexibility index (Phi) is 7.81. The van der Waals surface area contributed by atoms with E-state index in [1.54, 1.807) is 30.3 Å². The average molecular weight is 541 g/mol. The lowest BCUT2D eigenvalue weighted by Crippen LogP contribution is -2.37. The highest BCUT2D eigenvalue weighted by atomic mass is 32.2. The van der Waals surface area contributed by atoms with Gasteiger partial charge in [0.05, 0.1) is 4.90 Å². The maximum atomic E-state index is 13.4. The molecule has 0 amide bonds. The standard InChI is InChI=1S/C25H21F5N2O4S/c26-19-5-1-17(2-6-19)24(18-3-7-20(27)8-4-18)36-31-21-13-15-32(16-14-21)37(33,34)23-11-9-22(10-12-23)35-25(28,29)30/h1-13,24,31H,14-16H2. The fraction of sp³-hybridized carbons (Fsp3) is 0.200. The van der Waals surface area contributed by atoms with Gasteiger partial charge in [-0.05, 0) is 65.7 Å². The second-order valence-electron chi connectivity index (χ2n) is 8.06. The molecule has 1 aliphatic heterocycles. The number of ether oxygens (including phenoxy) is 1. The number of nitrogens with zero attached hydrogens (tertiary/aromatic N) is 1. The predicted molar refractivity (Wildman–Crippen MR) is 123 cm³/mol. The molecule has 0 radical (unpaired) electrons. The number of halogens is 5. The summed E-state index contributed by atoms with van der Waals surface area (Å²) in [7, 11) is -3.96. The molecule has 3 aromatic rings. The maximum Gasteiger partial charge on any atom is 0.573 e. The van der Waals surface area contributed by atoms with Crippen LogP contribution in [0.4, 0.5) is 22.0 Å². The molecule has 0 aliphatic carbocycles. The minimum atomic E-state index is -4.88. The molecule has 1 N–H and O–H groups in total. The Morgan fingerprint density at radius 1 is 0.838 bits per heavy atom. The highest BCUT2D eigenvalue weighted by Gasteiger charge is 2.32. The minimum Gasteiger partial charge on any atom is -0.406 e. The summed E-state index contributed by atoms with van der Waals surface area (Å²) >= 11 is 0. The molecule has 0 aromatic heterocycles. The van der Waals surface area contributed by atoms with Crippen LogP contribution in [-0.2, 0) is 14.9 Å². The molecule has 0 saturated carbocycles. The first-order valence-corrected chi connectivity index (χ1v) is 12.4. The van der Waals surface area contributed by atoms with E-state index >= 15 is 0 Å².